The molecule has 0 heterocycles. The van der Waals surface area contributed by atoms with Crippen LogP contribution in [0.2, 0.25) is 0 Å². The highest BCUT2D eigenvalue weighted by molar-refractivity contribution is 14.1. The number of ether oxygens (including phenoxy) is 1. The standard InChI is InChI=1S/C9H15IO2/c1-9(8(11)12-2)5-3-7(10)4-6-9/h7H,3-6H2,1-2H3. The van der Waals surface area contributed by atoms with Gasteiger partial charge in [0, 0.05) is 3.92 Å². The maximum absolute atomic E-state index is 11.4. The van der Waals surface area contributed by atoms with E-state index in [2.05, 4.69) is 22.6 Å². The fourth-order valence-electron chi connectivity index (χ4n) is 1.67. The van der Waals surface area contributed by atoms with Gasteiger partial charge < -0.3 is 4.74 Å². The Morgan fingerprint density at radius 3 is 2.42 bits per heavy atom. The predicted octanol–water partition coefficient (Wildman–Crippen LogP) is 2.54. The Balaban J connectivity index is 2.55. The summed E-state index contributed by atoms with van der Waals surface area (Å²) in [6.45, 7) is 2.02. The molecule has 0 aromatic carbocycles. The highest BCUT2D eigenvalue weighted by atomic mass is 127. The zero-order chi connectivity index (χ0) is 9.19. The Kier molecular flexibility index (Phi) is 3.37. The third-order valence-electron chi connectivity index (χ3n) is 2.70. The first-order valence-corrected chi connectivity index (χ1v) is 5.55. The second kappa shape index (κ2) is 3.94. The van der Waals surface area contributed by atoms with E-state index in [0.29, 0.717) is 0 Å². The number of rotatable bonds is 1. The normalized spacial score (nSPS) is 36.1. The van der Waals surface area contributed by atoms with Gasteiger partial charge in [0.25, 0.3) is 0 Å². The van der Waals surface area contributed by atoms with Gasteiger partial charge in [-0.15, -0.1) is 0 Å². The first-order valence-electron chi connectivity index (χ1n) is 4.31. The molecule has 0 atom stereocenters. The zero-order valence-corrected chi connectivity index (χ0v) is 9.76. The Hall–Kier alpha value is 0.200. The van der Waals surface area contributed by atoms with E-state index in [9.17, 15) is 4.79 Å². The zero-order valence-electron chi connectivity index (χ0n) is 7.60. The van der Waals surface area contributed by atoms with Crippen molar-refractivity contribution in [2.45, 2.75) is 36.5 Å². The minimum atomic E-state index is -0.198. The number of hydrogen-bond donors (Lipinski definition) is 0. The highest BCUT2D eigenvalue weighted by Gasteiger charge is 2.37. The Labute approximate surface area is 87.2 Å². The van der Waals surface area contributed by atoms with E-state index in [1.807, 2.05) is 6.92 Å². The van der Waals surface area contributed by atoms with Crippen molar-refractivity contribution in [3.8, 4) is 0 Å². The van der Waals surface area contributed by atoms with Crippen LogP contribution in [0.4, 0.5) is 0 Å². The molecule has 0 radical (unpaired) electrons. The van der Waals surface area contributed by atoms with Crippen molar-refractivity contribution < 1.29 is 9.53 Å². The van der Waals surface area contributed by atoms with Crippen LogP contribution in [0, 0.1) is 5.41 Å². The van der Waals surface area contributed by atoms with Crippen LogP contribution in [0.1, 0.15) is 32.6 Å². The second-order valence-corrected chi connectivity index (χ2v) is 5.49. The molecule has 1 aliphatic carbocycles. The van der Waals surface area contributed by atoms with Gasteiger partial charge in [-0.05, 0) is 32.6 Å². The molecule has 0 saturated heterocycles. The van der Waals surface area contributed by atoms with Gasteiger partial charge >= 0.3 is 5.97 Å². The number of methoxy groups -OCH3 is 1. The van der Waals surface area contributed by atoms with Crippen molar-refractivity contribution in [3.05, 3.63) is 0 Å². The summed E-state index contributed by atoms with van der Waals surface area (Å²) in [5.41, 5.74) is -0.198. The minimum absolute atomic E-state index is 0.0363. The van der Waals surface area contributed by atoms with Gasteiger partial charge in [-0.2, -0.15) is 0 Å². The van der Waals surface area contributed by atoms with E-state index in [-0.39, 0.29) is 11.4 Å². The van der Waals surface area contributed by atoms with Crippen molar-refractivity contribution in [2.75, 3.05) is 7.11 Å². The maximum atomic E-state index is 11.4. The average Bonchev–Trinajstić information content (AvgIpc) is 2.09. The number of halogens is 1. The van der Waals surface area contributed by atoms with E-state index in [0.717, 1.165) is 29.6 Å². The molecule has 0 aromatic heterocycles. The van der Waals surface area contributed by atoms with Crippen LogP contribution < -0.4 is 0 Å². The molecule has 0 spiro atoms. The largest absolute Gasteiger partial charge is 0.469 e. The monoisotopic (exact) mass is 282 g/mol. The lowest BCUT2D eigenvalue weighted by molar-refractivity contribution is -0.153. The molecule has 3 heteroatoms. The number of esters is 1. The molecule has 0 aliphatic heterocycles. The van der Waals surface area contributed by atoms with Gasteiger partial charge in [-0.1, -0.05) is 22.6 Å². The molecule has 0 bridgehead atoms. The molecule has 0 unspecified atom stereocenters. The molecule has 12 heavy (non-hydrogen) atoms. The molecule has 1 aliphatic rings. The number of carbonyl (C=O) groups is 1. The first kappa shape index (κ1) is 10.3. The maximum Gasteiger partial charge on any atom is 0.311 e. The van der Waals surface area contributed by atoms with E-state index in [1.165, 1.54) is 7.11 Å². The van der Waals surface area contributed by atoms with E-state index < -0.39 is 0 Å². The van der Waals surface area contributed by atoms with E-state index in [4.69, 9.17) is 4.74 Å². The van der Waals surface area contributed by atoms with Gasteiger partial charge in [0.1, 0.15) is 0 Å². The van der Waals surface area contributed by atoms with Gasteiger partial charge in [0.15, 0.2) is 0 Å². The van der Waals surface area contributed by atoms with Crippen LogP contribution in [0.5, 0.6) is 0 Å². The third kappa shape index (κ3) is 2.12. The molecular formula is C9H15IO2. The predicted molar refractivity (Wildman–Crippen MR) is 56.4 cm³/mol. The summed E-state index contributed by atoms with van der Waals surface area (Å²) >= 11 is 2.46. The third-order valence-corrected chi connectivity index (χ3v) is 3.94. The summed E-state index contributed by atoms with van der Waals surface area (Å²) in [6.07, 6.45) is 4.25. The fraction of sp³-hybridized carbons (Fsp3) is 0.889. The van der Waals surface area contributed by atoms with Gasteiger partial charge in [-0.3, -0.25) is 4.79 Å². The Bertz CT molecular complexity index is 171. The van der Waals surface area contributed by atoms with Crippen LogP contribution in [-0.2, 0) is 9.53 Å². The van der Waals surface area contributed by atoms with Crippen LogP contribution in [0.25, 0.3) is 0 Å². The lowest BCUT2D eigenvalue weighted by atomic mass is 9.76. The van der Waals surface area contributed by atoms with Crippen LogP contribution in [-0.4, -0.2) is 17.0 Å². The van der Waals surface area contributed by atoms with Crippen molar-refractivity contribution in [2.24, 2.45) is 5.41 Å². The molecular weight excluding hydrogens is 267 g/mol. The summed E-state index contributed by atoms with van der Waals surface area (Å²) in [5, 5.41) is 0. The van der Waals surface area contributed by atoms with Crippen molar-refractivity contribution in [3.63, 3.8) is 0 Å². The quantitative estimate of drug-likeness (QED) is 0.420. The summed E-state index contributed by atoms with van der Waals surface area (Å²) in [4.78, 5) is 11.4. The lowest BCUT2D eigenvalue weighted by Gasteiger charge is -2.32. The molecule has 1 saturated carbocycles. The second-order valence-electron chi connectivity index (χ2n) is 3.73. The topological polar surface area (TPSA) is 26.3 Å². The van der Waals surface area contributed by atoms with Crippen molar-refractivity contribution in [1.82, 2.24) is 0 Å². The SMILES string of the molecule is COC(=O)C1(C)CCC(I)CC1. The lowest BCUT2D eigenvalue weighted by Crippen LogP contribution is -2.33. The molecule has 0 aromatic rings. The molecule has 1 fully saturated rings. The van der Waals surface area contributed by atoms with Crippen LogP contribution in [0.3, 0.4) is 0 Å². The van der Waals surface area contributed by atoms with Gasteiger partial charge in [0.2, 0.25) is 0 Å². The summed E-state index contributed by atoms with van der Waals surface area (Å²) in [6, 6.07) is 0. The molecule has 2 nitrogen and oxygen atoms in total. The van der Waals surface area contributed by atoms with Gasteiger partial charge in [0.05, 0.1) is 12.5 Å². The van der Waals surface area contributed by atoms with E-state index >= 15 is 0 Å². The number of hydrogen-bond acceptors (Lipinski definition) is 2. The summed E-state index contributed by atoms with van der Waals surface area (Å²) in [7, 11) is 1.48. The summed E-state index contributed by atoms with van der Waals surface area (Å²) in [5.74, 6) is -0.0363. The highest BCUT2D eigenvalue weighted by Crippen LogP contribution is 2.39. The first-order chi connectivity index (χ1) is 5.58. The molecule has 70 valence electrons. The number of carbonyl (C=O) groups excluding carboxylic acids is 1. The van der Waals surface area contributed by atoms with Crippen LogP contribution in [0.15, 0.2) is 0 Å². The van der Waals surface area contributed by atoms with Crippen molar-refractivity contribution >= 4 is 28.6 Å². The summed E-state index contributed by atoms with van der Waals surface area (Å²) < 4.78 is 5.54. The average molecular weight is 282 g/mol. The van der Waals surface area contributed by atoms with Crippen molar-refractivity contribution in [1.29, 1.82) is 0 Å². The molecule has 0 amide bonds. The molecule has 0 N–H and O–H groups in total. The van der Waals surface area contributed by atoms with Crippen LogP contribution >= 0.6 is 22.6 Å². The Morgan fingerprint density at radius 1 is 1.50 bits per heavy atom. The minimum Gasteiger partial charge on any atom is -0.469 e. The smallest absolute Gasteiger partial charge is 0.311 e. The number of alkyl halides is 1. The molecule has 1 rings (SSSR count). The Morgan fingerprint density at radius 2 is 2.00 bits per heavy atom. The van der Waals surface area contributed by atoms with Gasteiger partial charge in [-0.25, -0.2) is 0 Å². The fourth-order valence-corrected chi connectivity index (χ4v) is 2.29. The van der Waals surface area contributed by atoms with E-state index in [1.54, 1.807) is 0 Å².